The Morgan fingerprint density at radius 2 is 1.90 bits per heavy atom. The van der Waals surface area contributed by atoms with Crippen molar-refractivity contribution in [3.63, 3.8) is 0 Å². The highest BCUT2D eigenvalue weighted by Crippen LogP contribution is 2.44. The molecule has 0 radical (unpaired) electrons. The molecule has 1 aliphatic rings. The summed E-state index contributed by atoms with van der Waals surface area (Å²) < 4.78 is 11.5. The van der Waals surface area contributed by atoms with E-state index in [-0.39, 0.29) is 12.1 Å². The maximum atomic E-state index is 5.96. The quantitative estimate of drug-likeness (QED) is 0.906. The minimum Gasteiger partial charge on any atom is -0.495 e. The van der Waals surface area contributed by atoms with Crippen LogP contribution in [0.5, 0.6) is 5.75 Å². The van der Waals surface area contributed by atoms with Gasteiger partial charge in [-0.3, -0.25) is 0 Å². The molecule has 0 aliphatic carbocycles. The van der Waals surface area contributed by atoms with E-state index in [1.54, 1.807) is 7.11 Å². The van der Waals surface area contributed by atoms with Crippen LogP contribution in [0.1, 0.15) is 36.6 Å². The molecule has 1 heterocycles. The number of ether oxygens (including phenoxy) is 2. The van der Waals surface area contributed by atoms with Crippen molar-refractivity contribution in [1.82, 2.24) is 0 Å². The molecule has 0 aromatic heterocycles. The highest BCUT2D eigenvalue weighted by atomic mass is 16.5. The number of methoxy groups -OCH3 is 1. The predicted molar refractivity (Wildman–Crippen MR) is 84.8 cm³/mol. The predicted octanol–water partition coefficient (Wildman–Crippen LogP) is 4.33. The number of benzene rings is 2. The largest absolute Gasteiger partial charge is 0.495 e. The SMILES string of the molecule is CCOC1CC(c2ccccc2)Nc2c(OC)cccc21. The topological polar surface area (TPSA) is 30.5 Å². The van der Waals surface area contributed by atoms with Gasteiger partial charge in [0.05, 0.1) is 24.9 Å². The first-order valence-electron chi connectivity index (χ1n) is 7.43. The van der Waals surface area contributed by atoms with E-state index in [1.807, 2.05) is 25.1 Å². The zero-order valence-corrected chi connectivity index (χ0v) is 12.5. The van der Waals surface area contributed by atoms with Crippen molar-refractivity contribution in [2.75, 3.05) is 19.0 Å². The molecule has 2 unspecified atom stereocenters. The van der Waals surface area contributed by atoms with E-state index >= 15 is 0 Å². The third-order valence-electron chi connectivity index (χ3n) is 3.96. The molecule has 1 N–H and O–H groups in total. The zero-order chi connectivity index (χ0) is 14.7. The summed E-state index contributed by atoms with van der Waals surface area (Å²) in [7, 11) is 1.71. The van der Waals surface area contributed by atoms with Crippen LogP contribution < -0.4 is 10.1 Å². The van der Waals surface area contributed by atoms with Gasteiger partial charge in [0.1, 0.15) is 5.75 Å². The van der Waals surface area contributed by atoms with Gasteiger partial charge in [0.2, 0.25) is 0 Å². The third-order valence-corrected chi connectivity index (χ3v) is 3.96. The summed E-state index contributed by atoms with van der Waals surface area (Å²) in [5, 5.41) is 3.62. The van der Waals surface area contributed by atoms with Crippen LogP contribution in [0.4, 0.5) is 5.69 Å². The van der Waals surface area contributed by atoms with Gasteiger partial charge in [-0.15, -0.1) is 0 Å². The average molecular weight is 283 g/mol. The summed E-state index contributed by atoms with van der Waals surface area (Å²) >= 11 is 0. The number of hydrogen-bond acceptors (Lipinski definition) is 3. The summed E-state index contributed by atoms with van der Waals surface area (Å²) in [6.07, 6.45) is 1.03. The molecule has 0 bridgehead atoms. The van der Waals surface area contributed by atoms with Crippen molar-refractivity contribution < 1.29 is 9.47 Å². The first-order valence-corrected chi connectivity index (χ1v) is 7.43. The molecule has 21 heavy (non-hydrogen) atoms. The maximum Gasteiger partial charge on any atom is 0.142 e. The van der Waals surface area contributed by atoms with Gasteiger partial charge in [0.15, 0.2) is 0 Å². The number of rotatable bonds is 4. The molecule has 3 nitrogen and oxygen atoms in total. The number of hydrogen-bond donors (Lipinski definition) is 1. The van der Waals surface area contributed by atoms with Gasteiger partial charge in [0, 0.05) is 18.6 Å². The van der Waals surface area contributed by atoms with Crippen LogP contribution in [-0.2, 0) is 4.74 Å². The molecule has 2 aromatic rings. The molecule has 0 saturated carbocycles. The normalized spacial score (nSPS) is 20.5. The van der Waals surface area contributed by atoms with E-state index in [4.69, 9.17) is 9.47 Å². The van der Waals surface area contributed by atoms with Crippen LogP contribution >= 0.6 is 0 Å². The Labute approximate surface area is 125 Å². The summed E-state index contributed by atoms with van der Waals surface area (Å²) in [6, 6.07) is 16.9. The molecule has 3 heteroatoms. The molecular formula is C18H21NO2. The van der Waals surface area contributed by atoms with Gasteiger partial charge in [-0.25, -0.2) is 0 Å². The molecule has 2 atom stereocenters. The van der Waals surface area contributed by atoms with E-state index in [9.17, 15) is 0 Å². The minimum absolute atomic E-state index is 0.103. The lowest BCUT2D eigenvalue weighted by Crippen LogP contribution is -2.23. The molecule has 110 valence electrons. The lowest BCUT2D eigenvalue weighted by molar-refractivity contribution is 0.0497. The lowest BCUT2D eigenvalue weighted by atomic mass is 9.90. The van der Waals surface area contributed by atoms with Crippen LogP contribution in [0.2, 0.25) is 0 Å². The number of para-hydroxylation sites is 1. The van der Waals surface area contributed by atoms with E-state index < -0.39 is 0 Å². The molecule has 0 amide bonds. The smallest absolute Gasteiger partial charge is 0.142 e. The molecule has 0 saturated heterocycles. The standard InChI is InChI=1S/C18H21NO2/c1-3-21-17-12-15(13-8-5-4-6-9-13)19-18-14(17)10-7-11-16(18)20-2/h4-11,15,17,19H,3,12H2,1-2H3. The third kappa shape index (κ3) is 2.74. The van der Waals surface area contributed by atoms with Crippen LogP contribution in [0.3, 0.4) is 0 Å². The van der Waals surface area contributed by atoms with Gasteiger partial charge in [0.25, 0.3) is 0 Å². The molecule has 0 spiro atoms. The van der Waals surface area contributed by atoms with Gasteiger partial charge < -0.3 is 14.8 Å². The molecule has 0 fully saturated rings. The van der Waals surface area contributed by atoms with Gasteiger partial charge >= 0.3 is 0 Å². The summed E-state index contributed by atoms with van der Waals surface area (Å²) in [4.78, 5) is 0. The Bertz CT molecular complexity index is 597. The summed E-state index contributed by atoms with van der Waals surface area (Å²) in [5.74, 6) is 0.873. The average Bonchev–Trinajstić information content (AvgIpc) is 2.55. The second kappa shape index (κ2) is 6.19. The lowest BCUT2D eigenvalue weighted by Gasteiger charge is -2.34. The van der Waals surface area contributed by atoms with E-state index in [1.165, 1.54) is 11.1 Å². The number of nitrogens with one attached hydrogen (secondary N) is 1. The molecule has 2 aromatic carbocycles. The molecule has 3 rings (SSSR count). The van der Waals surface area contributed by atoms with Gasteiger partial charge in [-0.1, -0.05) is 42.5 Å². The second-order valence-corrected chi connectivity index (χ2v) is 5.21. The van der Waals surface area contributed by atoms with Crippen molar-refractivity contribution in [2.45, 2.75) is 25.5 Å². The number of fused-ring (bicyclic) bond motifs is 1. The fourth-order valence-electron chi connectivity index (χ4n) is 2.98. The van der Waals surface area contributed by atoms with Crippen LogP contribution in [0, 0.1) is 0 Å². The zero-order valence-electron chi connectivity index (χ0n) is 12.5. The summed E-state index contributed by atoms with van der Waals surface area (Å²) in [6.45, 7) is 2.75. The highest BCUT2D eigenvalue weighted by molar-refractivity contribution is 5.65. The van der Waals surface area contributed by atoms with Crippen molar-refractivity contribution >= 4 is 5.69 Å². The fraction of sp³-hybridized carbons (Fsp3) is 0.333. The fourth-order valence-corrected chi connectivity index (χ4v) is 2.98. The van der Waals surface area contributed by atoms with E-state index in [2.05, 4.69) is 35.6 Å². The second-order valence-electron chi connectivity index (χ2n) is 5.21. The Kier molecular flexibility index (Phi) is 4.11. The van der Waals surface area contributed by atoms with Crippen molar-refractivity contribution in [1.29, 1.82) is 0 Å². The van der Waals surface area contributed by atoms with Crippen molar-refractivity contribution in [3.8, 4) is 5.75 Å². The summed E-state index contributed by atoms with van der Waals surface area (Å²) in [5.41, 5.74) is 3.51. The monoisotopic (exact) mass is 283 g/mol. The van der Waals surface area contributed by atoms with Gasteiger partial charge in [-0.2, -0.15) is 0 Å². The molecule has 1 aliphatic heterocycles. The van der Waals surface area contributed by atoms with Crippen LogP contribution in [0.15, 0.2) is 48.5 Å². The molecular weight excluding hydrogens is 262 g/mol. The Balaban J connectivity index is 1.99. The number of anilines is 1. The highest BCUT2D eigenvalue weighted by Gasteiger charge is 2.29. The Hall–Kier alpha value is -2.00. The first kappa shape index (κ1) is 14.0. The minimum atomic E-state index is 0.103. The van der Waals surface area contributed by atoms with Gasteiger partial charge in [-0.05, 0) is 18.6 Å². The Morgan fingerprint density at radius 1 is 1.10 bits per heavy atom. The Morgan fingerprint density at radius 3 is 2.62 bits per heavy atom. The van der Waals surface area contributed by atoms with Crippen molar-refractivity contribution in [3.05, 3.63) is 59.7 Å². The first-order chi connectivity index (χ1) is 10.3. The van der Waals surface area contributed by atoms with Crippen LogP contribution in [0.25, 0.3) is 0 Å². The van der Waals surface area contributed by atoms with E-state index in [0.29, 0.717) is 6.61 Å². The van der Waals surface area contributed by atoms with Crippen LogP contribution in [-0.4, -0.2) is 13.7 Å². The van der Waals surface area contributed by atoms with Crippen molar-refractivity contribution in [2.24, 2.45) is 0 Å². The van der Waals surface area contributed by atoms with E-state index in [0.717, 1.165) is 17.9 Å². The maximum absolute atomic E-state index is 5.96.